The minimum absolute atomic E-state index is 0.0965. The van der Waals surface area contributed by atoms with Crippen molar-refractivity contribution in [3.63, 3.8) is 0 Å². The first kappa shape index (κ1) is 25.4. The Morgan fingerprint density at radius 3 is 2.58 bits per heavy atom. The SMILES string of the molecule is CN(Cc1cc2nc(-c3cccc4[nH]ncc34)nc(N(CCO)CCO)c2s1)c1ncc(C(=O)NO)cn1. The third kappa shape index (κ3) is 4.97. The fourth-order valence-electron chi connectivity index (χ4n) is 4.11. The third-order valence-corrected chi connectivity index (χ3v) is 7.01. The Bertz CT molecular complexity index is 1560. The molecule has 0 aliphatic heterocycles. The molecule has 13 nitrogen and oxygen atoms in total. The molecule has 5 rings (SSSR count). The average molecular weight is 536 g/mol. The maximum absolute atomic E-state index is 11.5. The van der Waals surface area contributed by atoms with Crippen LogP contribution in [0.4, 0.5) is 11.8 Å². The number of fused-ring (bicyclic) bond motifs is 2. The summed E-state index contributed by atoms with van der Waals surface area (Å²) >= 11 is 1.50. The zero-order valence-electron chi connectivity index (χ0n) is 20.4. The van der Waals surface area contributed by atoms with Gasteiger partial charge in [-0.05, 0) is 12.1 Å². The molecule has 0 aliphatic carbocycles. The van der Waals surface area contributed by atoms with E-state index in [9.17, 15) is 15.0 Å². The van der Waals surface area contributed by atoms with Crippen molar-refractivity contribution < 1.29 is 20.2 Å². The Kier molecular flexibility index (Phi) is 7.37. The van der Waals surface area contributed by atoms with E-state index < -0.39 is 5.91 Å². The number of carbonyl (C=O) groups excluding carboxylic acids is 1. The van der Waals surface area contributed by atoms with Crippen LogP contribution in [-0.4, -0.2) is 84.8 Å². The molecule has 0 saturated heterocycles. The number of nitrogens with one attached hydrogen (secondary N) is 2. The van der Waals surface area contributed by atoms with Crippen LogP contribution in [0, 0.1) is 0 Å². The number of amides is 1. The van der Waals surface area contributed by atoms with E-state index in [-0.39, 0.29) is 18.8 Å². The Morgan fingerprint density at radius 1 is 1.11 bits per heavy atom. The minimum Gasteiger partial charge on any atom is -0.395 e. The summed E-state index contributed by atoms with van der Waals surface area (Å²) in [6.07, 6.45) is 4.41. The third-order valence-electron chi connectivity index (χ3n) is 5.91. The molecule has 0 bridgehead atoms. The summed E-state index contributed by atoms with van der Waals surface area (Å²) in [6.45, 7) is 0.869. The number of carbonyl (C=O) groups is 1. The molecule has 0 spiro atoms. The molecule has 0 fully saturated rings. The second kappa shape index (κ2) is 11.0. The molecule has 5 aromatic rings. The molecular weight excluding hydrogens is 510 g/mol. The summed E-state index contributed by atoms with van der Waals surface area (Å²) in [4.78, 5) is 34.4. The predicted octanol–water partition coefficient (Wildman–Crippen LogP) is 1.57. The number of anilines is 2. The highest BCUT2D eigenvalue weighted by Crippen LogP contribution is 2.36. The molecule has 0 aliphatic rings. The number of aliphatic hydroxyl groups is 2. The fraction of sp³-hybridized carbons (Fsp3) is 0.250. The van der Waals surface area contributed by atoms with Crippen LogP contribution in [0.5, 0.6) is 0 Å². The van der Waals surface area contributed by atoms with Crippen molar-refractivity contribution in [3.8, 4) is 11.4 Å². The lowest BCUT2D eigenvalue weighted by molar-refractivity contribution is 0.0705. The molecule has 0 unspecified atom stereocenters. The van der Waals surface area contributed by atoms with Crippen LogP contribution in [0.25, 0.3) is 32.5 Å². The van der Waals surface area contributed by atoms with Crippen molar-refractivity contribution in [2.75, 3.05) is 43.2 Å². The molecule has 0 radical (unpaired) electrons. The topological polar surface area (TPSA) is 177 Å². The van der Waals surface area contributed by atoms with Gasteiger partial charge in [0, 0.05) is 48.4 Å². The Balaban J connectivity index is 1.54. The van der Waals surface area contributed by atoms with Crippen LogP contribution in [0.2, 0.25) is 0 Å². The molecule has 196 valence electrons. The lowest BCUT2D eigenvalue weighted by atomic mass is 10.1. The molecule has 0 saturated carbocycles. The van der Waals surface area contributed by atoms with Gasteiger partial charge in [0.1, 0.15) is 0 Å². The molecular formula is C24H25N9O4S. The molecule has 0 atom stereocenters. The number of thiophene rings is 1. The van der Waals surface area contributed by atoms with E-state index in [4.69, 9.17) is 15.2 Å². The lowest BCUT2D eigenvalue weighted by Crippen LogP contribution is -2.30. The number of aliphatic hydroxyl groups excluding tert-OH is 2. The van der Waals surface area contributed by atoms with Crippen LogP contribution in [0.3, 0.4) is 0 Å². The van der Waals surface area contributed by atoms with Crippen molar-refractivity contribution in [1.82, 2.24) is 35.6 Å². The van der Waals surface area contributed by atoms with Gasteiger partial charge in [-0.25, -0.2) is 25.4 Å². The Labute approximate surface area is 220 Å². The maximum Gasteiger partial charge on any atom is 0.277 e. The van der Waals surface area contributed by atoms with Crippen LogP contribution in [0.15, 0.2) is 42.9 Å². The normalized spacial score (nSPS) is 11.3. The number of nitrogens with zero attached hydrogens (tertiary/aromatic N) is 7. The number of aromatic amines is 1. The van der Waals surface area contributed by atoms with Gasteiger partial charge in [-0.1, -0.05) is 12.1 Å². The molecule has 5 N–H and O–H groups in total. The van der Waals surface area contributed by atoms with Gasteiger partial charge >= 0.3 is 0 Å². The van der Waals surface area contributed by atoms with Gasteiger partial charge in [-0.15, -0.1) is 11.3 Å². The highest BCUT2D eigenvalue weighted by atomic mass is 32.1. The maximum atomic E-state index is 11.5. The number of hydrogen-bond acceptors (Lipinski definition) is 12. The quantitative estimate of drug-likeness (QED) is 0.130. The first-order chi connectivity index (χ1) is 18.5. The molecule has 38 heavy (non-hydrogen) atoms. The largest absolute Gasteiger partial charge is 0.395 e. The van der Waals surface area contributed by atoms with Crippen molar-refractivity contribution in [2.24, 2.45) is 0 Å². The lowest BCUT2D eigenvalue weighted by Gasteiger charge is -2.22. The summed E-state index contributed by atoms with van der Waals surface area (Å²) in [5.74, 6) is 0.854. The van der Waals surface area contributed by atoms with E-state index in [0.717, 1.165) is 31.6 Å². The monoisotopic (exact) mass is 535 g/mol. The molecule has 1 aromatic carbocycles. The molecule has 14 heteroatoms. The van der Waals surface area contributed by atoms with E-state index in [0.29, 0.717) is 37.2 Å². The number of benzene rings is 1. The van der Waals surface area contributed by atoms with Crippen molar-refractivity contribution in [1.29, 1.82) is 0 Å². The first-order valence-corrected chi connectivity index (χ1v) is 12.5. The van der Waals surface area contributed by atoms with Crippen LogP contribution in [0.1, 0.15) is 15.2 Å². The fourth-order valence-corrected chi connectivity index (χ4v) is 5.28. The number of aromatic nitrogens is 6. The van der Waals surface area contributed by atoms with E-state index >= 15 is 0 Å². The van der Waals surface area contributed by atoms with Gasteiger partial charge in [-0.2, -0.15) is 5.10 Å². The highest BCUT2D eigenvalue weighted by molar-refractivity contribution is 7.19. The molecule has 1 amide bonds. The van der Waals surface area contributed by atoms with Crippen molar-refractivity contribution in [3.05, 3.63) is 53.3 Å². The van der Waals surface area contributed by atoms with Gasteiger partial charge in [-0.3, -0.25) is 15.1 Å². The summed E-state index contributed by atoms with van der Waals surface area (Å²) in [7, 11) is 1.83. The first-order valence-electron chi connectivity index (χ1n) is 11.7. The summed E-state index contributed by atoms with van der Waals surface area (Å²) in [6, 6.07) is 7.75. The van der Waals surface area contributed by atoms with Gasteiger partial charge in [0.05, 0.1) is 47.3 Å². The van der Waals surface area contributed by atoms with E-state index in [1.165, 1.54) is 23.7 Å². The Morgan fingerprint density at radius 2 is 1.87 bits per heavy atom. The van der Waals surface area contributed by atoms with E-state index in [1.54, 1.807) is 11.7 Å². The second-order valence-corrected chi connectivity index (χ2v) is 9.57. The molecule has 4 heterocycles. The average Bonchev–Trinajstić information content (AvgIpc) is 3.58. The number of hydrogen-bond donors (Lipinski definition) is 5. The summed E-state index contributed by atoms with van der Waals surface area (Å²) in [5.41, 5.74) is 4.11. The van der Waals surface area contributed by atoms with E-state index in [2.05, 4.69) is 20.2 Å². The second-order valence-electron chi connectivity index (χ2n) is 8.44. The number of rotatable bonds is 10. The highest BCUT2D eigenvalue weighted by Gasteiger charge is 2.20. The van der Waals surface area contributed by atoms with Crippen LogP contribution in [-0.2, 0) is 6.54 Å². The minimum atomic E-state index is -0.688. The van der Waals surface area contributed by atoms with Crippen molar-refractivity contribution >= 4 is 50.1 Å². The zero-order chi connectivity index (χ0) is 26.6. The van der Waals surface area contributed by atoms with Gasteiger partial charge in [0.25, 0.3) is 5.91 Å². The smallest absolute Gasteiger partial charge is 0.277 e. The molecule has 4 aromatic heterocycles. The van der Waals surface area contributed by atoms with E-state index in [1.807, 2.05) is 41.1 Å². The zero-order valence-corrected chi connectivity index (χ0v) is 21.2. The van der Waals surface area contributed by atoms with Crippen LogP contribution >= 0.6 is 11.3 Å². The summed E-state index contributed by atoms with van der Waals surface area (Å²) < 4.78 is 0.828. The predicted molar refractivity (Wildman–Crippen MR) is 142 cm³/mol. The van der Waals surface area contributed by atoms with Crippen molar-refractivity contribution in [2.45, 2.75) is 6.54 Å². The number of H-pyrrole nitrogens is 1. The van der Waals surface area contributed by atoms with Gasteiger partial charge < -0.3 is 20.0 Å². The Hall–Kier alpha value is -4.24. The van der Waals surface area contributed by atoms with Crippen LogP contribution < -0.4 is 15.3 Å². The number of hydroxylamine groups is 1. The van der Waals surface area contributed by atoms with Gasteiger partial charge in [0.2, 0.25) is 5.95 Å². The summed E-state index contributed by atoms with van der Waals surface area (Å²) in [5, 5.41) is 36.1. The standard InChI is InChI=1S/C24H25N9O4S/c1-32(24-25-10-14(11-26-24)23(36)31-37)13-15-9-19-20(38-15)22(33(5-7-34)6-8-35)29-21(28-19)16-3-2-4-18-17(16)12-27-30-18/h2-4,9-12,34-35,37H,5-8,13H2,1H3,(H,27,30)(H,31,36). The van der Waals surface area contributed by atoms with Gasteiger partial charge in [0.15, 0.2) is 11.6 Å².